The zero-order chi connectivity index (χ0) is 15.5. The maximum absolute atomic E-state index is 12.4. The van der Waals surface area contributed by atoms with Crippen LogP contribution in [0.15, 0.2) is 60.7 Å². The first-order valence-corrected chi connectivity index (χ1v) is 7.09. The summed E-state index contributed by atoms with van der Waals surface area (Å²) >= 11 is 0. The van der Waals surface area contributed by atoms with Crippen molar-refractivity contribution in [2.45, 2.75) is 6.42 Å². The SMILES string of the molecule is C=CCOc1ccccc1/C=C1/Cc2c(O)cccc2C1=O. The third-order valence-electron chi connectivity index (χ3n) is 3.66. The minimum atomic E-state index is -0.0376. The number of carbonyl (C=O) groups excluding carboxylic acids is 1. The van der Waals surface area contributed by atoms with Gasteiger partial charge in [-0.1, -0.05) is 43.0 Å². The normalized spacial score (nSPS) is 14.9. The maximum atomic E-state index is 12.4. The second-order valence-electron chi connectivity index (χ2n) is 5.12. The molecule has 0 aromatic heterocycles. The Balaban J connectivity index is 1.97. The van der Waals surface area contributed by atoms with Crippen molar-refractivity contribution in [2.75, 3.05) is 6.61 Å². The largest absolute Gasteiger partial charge is 0.508 e. The van der Waals surface area contributed by atoms with E-state index in [4.69, 9.17) is 4.74 Å². The number of para-hydroxylation sites is 1. The van der Waals surface area contributed by atoms with Gasteiger partial charge in [0, 0.05) is 28.7 Å². The van der Waals surface area contributed by atoms with E-state index in [9.17, 15) is 9.90 Å². The molecule has 3 rings (SSSR count). The molecule has 22 heavy (non-hydrogen) atoms. The van der Waals surface area contributed by atoms with Crippen LogP contribution in [0.5, 0.6) is 11.5 Å². The number of fused-ring (bicyclic) bond motifs is 1. The summed E-state index contributed by atoms with van der Waals surface area (Å²) in [6.07, 6.45) is 3.95. The molecular weight excluding hydrogens is 276 g/mol. The number of Topliss-reactive ketones (excluding diaryl/α,β-unsaturated/α-hetero) is 1. The maximum Gasteiger partial charge on any atom is 0.189 e. The fourth-order valence-corrected chi connectivity index (χ4v) is 2.60. The lowest BCUT2D eigenvalue weighted by Crippen LogP contribution is -1.97. The number of benzene rings is 2. The first-order valence-electron chi connectivity index (χ1n) is 7.09. The molecule has 0 bridgehead atoms. The highest BCUT2D eigenvalue weighted by Crippen LogP contribution is 2.34. The number of phenols is 1. The zero-order valence-electron chi connectivity index (χ0n) is 12.1. The highest BCUT2D eigenvalue weighted by molar-refractivity contribution is 6.16. The summed E-state index contributed by atoms with van der Waals surface area (Å²) in [5, 5.41) is 9.89. The summed E-state index contributed by atoms with van der Waals surface area (Å²) in [5.74, 6) is 0.845. The van der Waals surface area contributed by atoms with Crippen molar-refractivity contribution in [1.82, 2.24) is 0 Å². The molecule has 2 aromatic carbocycles. The Hall–Kier alpha value is -2.81. The van der Waals surface area contributed by atoms with Gasteiger partial charge in [0.15, 0.2) is 5.78 Å². The van der Waals surface area contributed by atoms with Gasteiger partial charge in [0.25, 0.3) is 0 Å². The molecule has 1 aliphatic rings. The Morgan fingerprint density at radius 1 is 1.18 bits per heavy atom. The molecule has 0 saturated carbocycles. The molecule has 0 atom stereocenters. The van der Waals surface area contributed by atoms with E-state index in [1.807, 2.05) is 30.3 Å². The molecule has 0 unspecified atom stereocenters. The summed E-state index contributed by atoms with van der Waals surface area (Å²) < 4.78 is 5.61. The standard InChI is InChI=1S/C19H16O3/c1-2-10-22-18-9-4-3-6-13(18)11-14-12-16-15(19(14)21)7-5-8-17(16)20/h2-9,11,20H,1,10,12H2/b14-11-. The van der Waals surface area contributed by atoms with Crippen molar-refractivity contribution >= 4 is 11.9 Å². The van der Waals surface area contributed by atoms with Gasteiger partial charge in [-0.15, -0.1) is 0 Å². The lowest BCUT2D eigenvalue weighted by molar-refractivity contribution is 0.104. The summed E-state index contributed by atoms with van der Waals surface area (Å²) in [5.41, 5.74) is 2.78. The second kappa shape index (κ2) is 5.90. The molecule has 3 heteroatoms. The molecule has 0 saturated heterocycles. The third kappa shape index (κ3) is 2.53. The number of carbonyl (C=O) groups is 1. The molecule has 0 amide bonds. The van der Waals surface area contributed by atoms with E-state index >= 15 is 0 Å². The highest BCUT2D eigenvalue weighted by Gasteiger charge is 2.27. The highest BCUT2D eigenvalue weighted by atomic mass is 16.5. The molecule has 0 heterocycles. The van der Waals surface area contributed by atoms with E-state index in [0.717, 1.165) is 5.56 Å². The van der Waals surface area contributed by atoms with Crippen LogP contribution in [-0.2, 0) is 6.42 Å². The number of rotatable bonds is 4. The van der Waals surface area contributed by atoms with Gasteiger partial charge in [0.2, 0.25) is 0 Å². The average Bonchev–Trinajstić information content (AvgIpc) is 2.85. The minimum absolute atomic E-state index is 0.0376. The van der Waals surface area contributed by atoms with Gasteiger partial charge >= 0.3 is 0 Å². The van der Waals surface area contributed by atoms with Crippen LogP contribution in [0.1, 0.15) is 21.5 Å². The quantitative estimate of drug-likeness (QED) is 0.689. The predicted molar refractivity (Wildman–Crippen MR) is 86.3 cm³/mol. The molecule has 0 fully saturated rings. The molecule has 3 nitrogen and oxygen atoms in total. The Kier molecular flexibility index (Phi) is 3.79. The number of ether oxygens (including phenoxy) is 1. The van der Waals surface area contributed by atoms with Crippen LogP contribution in [0.3, 0.4) is 0 Å². The smallest absolute Gasteiger partial charge is 0.189 e. The van der Waals surface area contributed by atoms with Gasteiger partial charge in [-0.3, -0.25) is 4.79 Å². The van der Waals surface area contributed by atoms with Gasteiger partial charge in [0.1, 0.15) is 18.1 Å². The van der Waals surface area contributed by atoms with Crippen LogP contribution in [0, 0.1) is 0 Å². The Bertz CT molecular complexity index is 772. The number of allylic oxidation sites excluding steroid dienone is 1. The van der Waals surface area contributed by atoms with E-state index < -0.39 is 0 Å². The second-order valence-corrected chi connectivity index (χ2v) is 5.12. The predicted octanol–water partition coefficient (Wildman–Crippen LogP) is 3.78. The molecule has 110 valence electrons. The Labute approximate surface area is 129 Å². The molecule has 0 radical (unpaired) electrons. The zero-order valence-corrected chi connectivity index (χ0v) is 12.1. The third-order valence-corrected chi connectivity index (χ3v) is 3.66. The van der Waals surface area contributed by atoms with Gasteiger partial charge in [0.05, 0.1) is 0 Å². The summed E-state index contributed by atoms with van der Waals surface area (Å²) in [7, 11) is 0. The topological polar surface area (TPSA) is 46.5 Å². The fourth-order valence-electron chi connectivity index (χ4n) is 2.60. The van der Waals surface area contributed by atoms with Gasteiger partial charge in [-0.2, -0.15) is 0 Å². The van der Waals surface area contributed by atoms with Crippen molar-refractivity contribution in [2.24, 2.45) is 0 Å². The molecule has 1 N–H and O–H groups in total. The first kappa shape index (κ1) is 14.1. The van der Waals surface area contributed by atoms with Crippen molar-refractivity contribution < 1.29 is 14.6 Å². The van der Waals surface area contributed by atoms with Crippen LogP contribution in [0.2, 0.25) is 0 Å². The fraction of sp³-hybridized carbons (Fsp3) is 0.105. The van der Waals surface area contributed by atoms with Gasteiger partial charge in [-0.25, -0.2) is 0 Å². The summed E-state index contributed by atoms with van der Waals surface area (Å²) in [6.45, 7) is 4.05. The lowest BCUT2D eigenvalue weighted by Gasteiger charge is -2.07. The molecule has 0 spiro atoms. The molecule has 0 aliphatic heterocycles. The van der Waals surface area contributed by atoms with Crippen LogP contribution >= 0.6 is 0 Å². The number of ketones is 1. The van der Waals surface area contributed by atoms with Gasteiger partial charge in [-0.05, 0) is 18.2 Å². The van der Waals surface area contributed by atoms with Crippen molar-refractivity contribution in [3.05, 3.63) is 77.4 Å². The van der Waals surface area contributed by atoms with Crippen LogP contribution in [-0.4, -0.2) is 17.5 Å². The lowest BCUT2D eigenvalue weighted by atomic mass is 10.1. The number of phenolic OH excluding ortho intramolecular Hbond substituents is 1. The van der Waals surface area contributed by atoms with E-state index in [-0.39, 0.29) is 11.5 Å². The van der Waals surface area contributed by atoms with Crippen LogP contribution in [0.25, 0.3) is 6.08 Å². The van der Waals surface area contributed by atoms with E-state index in [1.54, 1.807) is 24.3 Å². The molecular formula is C19H16O3. The Morgan fingerprint density at radius 3 is 2.77 bits per heavy atom. The van der Waals surface area contributed by atoms with E-state index in [1.165, 1.54) is 0 Å². The van der Waals surface area contributed by atoms with Crippen molar-refractivity contribution in [3.8, 4) is 11.5 Å². The molecule has 1 aliphatic carbocycles. The number of hydrogen-bond donors (Lipinski definition) is 1. The minimum Gasteiger partial charge on any atom is -0.508 e. The molecule has 2 aromatic rings. The van der Waals surface area contributed by atoms with Gasteiger partial charge < -0.3 is 9.84 Å². The monoisotopic (exact) mass is 292 g/mol. The first-order chi connectivity index (χ1) is 10.7. The van der Waals surface area contributed by atoms with E-state index in [2.05, 4.69) is 6.58 Å². The number of hydrogen-bond acceptors (Lipinski definition) is 3. The van der Waals surface area contributed by atoms with Crippen molar-refractivity contribution in [3.63, 3.8) is 0 Å². The summed E-state index contributed by atoms with van der Waals surface area (Å²) in [6, 6.07) is 12.6. The average molecular weight is 292 g/mol. The summed E-state index contributed by atoms with van der Waals surface area (Å²) in [4.78, 5) is 12.4. The Morgan fingerprint density at radius 2 is 2.00 bits per heavy atom. The van der Waals surface area contributed by atoms with Crippen LogP contribution < -0.4 is 4.74 Å². The van der Waals surface area contributed by atoms with Crippen LogP contribution in [0.4, 0.5) is 0 Å². The number of aromatic hydroxyl groups is 1. The van der Waals surface area contributed by atoms with Crippen molar-refractivity contribution in [1.29, 1.82) is 0 Å². The van der Waals surface area contributed by atoms with E-state index in [0.29, 0.717) is 35.5 Å².